The van der Waals surface area contributed by atoms with Crippen LogP contribution < -0.4 is 10.6 Å². The van der Waals surface area contributed by atoms with Gasteiger partial charge in [-0.1, -0.05) is 17.7 Å². The van der Waals surface area contributed by atoms with Gasteiger partial charge in [-0.25, -0.2) is 9.37 Å². The highest BCUT2D eigenvalue weighted by atomic mass is 127. The smallest absolute Gasteiger partial charge is 0.191 e. The van der Waals surface area contributed by atoms with E-state index in [1.807, 2.05) is 16.5 Å². The number of benzene rings is 1. The van der Waals surface area contributed by atoms with Crippen LogP contribution in [0.1, 0.15) is 5.56 Å². The van der Waals surface area contributed by atoms with Crippen molar-refractivity contribution < 1.29 is 4.39 Å². The topological polar surface area (TPSA) is 57.8 Å². The predicted octanol–water partition coefficient (Wildman–Crippen LogP) is 3.23. The van der Waals surface area contributed by atoms with Crippen LogP contribution in [-0.2, 0) is 6.42 Å². The number of nitrogens with two attached hydrogens (primary N) is 1. The number of piperazine rings is 1. The first kappa shape index (κ1) is 20.2. The number of anilines is 1. The van der Waals surface area contributed by atoms with Gasteiger partial charge in [-0.05, 0) is 18.6 Å². The van der Waals surface area contributed by atoms with E-state index in [1.165, 1.54) is 6.07 Å². The molecule has 1 fully saturated rings. The van der Waals surface area contributed by atoms with Crippen LogP contribution in [0.25, 0.3) is 0 Å². The quantitative estimate of drug-likeness (QED) is 0.402. The molecule has 1 aromatic carbocycles. The first-order valence-corrected chi connectivity index (χ1v) is 9.03. The van der Waals surface area contributed by atoms with E-state index in [1.54, 1.807) is 23.5 Å². The van der Waals surface area contributed by atoms with Crippen LogP contribution in [-0.4, -0.2) is 48.6 Å². The Morgan fingerprint density at radius 1 is 1.32 bits per heavy atom. The lowest BCUT2D eigenvalue weighted by Gasteiger charge is -2.35. The first-order chi connectivity index (χ1) is 11.6. The van der Waals surface area contributed by atoms with Gasteiger partial charge in [0.05, 0.1) is 0 Å². The van der Waals surface area contributed by atoms with Crippen LogP contribution in [0.15, 0.2) is 34.8 Å². The number of aliphatic imine (C=N–C) groups is 1. The third kappa shape index (κ3) is 5.18. The number of nitrogens with zero attached hydrogens (tertiary/aromatic N) is 4. The molecule has 0 amide bonds. The Morgan fingerprint density at radius 3 is 2.72 bits per heavy atom. The Hall–Kier alpha value is -1.13. The average Bonchev–Trinajstić information content (AvgIpc) is 3.12. The standard InChI is InChI=1S/C16H19ClFN5S.HI/c17-13-2-1-3-14(18)12(13)4-5-20-15(19)22-7-9-23(10-8-22)16-21-6-11-24-16;/h1-3,6,11H,4-5,7-10H2,(H2,19,20);1H. The number of hydrogen-bond donors (Lipinski definition) is 1. The molecule has 0 radical (unpaired) electrons. The molecule has 0 atom stereocenters. The number of thiazole rings is 1. The zero-order valence-electron chi connectivity index (χ0n) is 13.6. The molecule has 0 aliphatic carbocycles. The van der Waals surface area contributed by atoms with Crippen LogP contribution in [0.4, 0.5) is 9.52 Å². The Morgan fingerprint density at radius 2 is 2.08 bits per heavy atom. The number of guanidine groups is 1. The molecule has 1 saturated heterocycles. The maximum Gasteiger partial charge on any atom is 0.191 e. The summed E-state index contributed by atoms with van der Waals surface area (Å²) in [6.45, 7) is 3.75. The van der Waals surface area contributed by atoms with Crippen LogP contribution in [0, 0.1) is 5.82 Å². The summed E-state index contributed by atoms with van der Waals surface area (Å²) in [6, 6.07) is 4.69. The summed E-state index contributed by atoms with van der Waals surface area (Å²) in [5.74, 6) is 0.203. The summed E-state index contributed by atoms with van der Waals surface area (Å²) >= 11 is 7.66. The largest absolute Gasteiger partial charge is 0.370 e. The zero-order chi connectivity index (χ0) is 16.9. The van der Waals surface area contributed by atoms with Gasteiger partial charge in [0.15, 0.2) is 11.1 Å². The fourth-order valence-corrected chi connectivity index (χ4v) is 3.61. The molecule has 2 aromatic rings. The lowest BCUT2D eigenvalue weighted by atomic mass is 10.1. The van der Waals surface area contributed by atoms with Crippen molar-refractivity contribution in [1.29, 1.82) is 0 Å². The van der Waals surface area contributed by atoms with E-state index in [9.17, 15) is 4.39 Å². The number of aromatic nitrogens is 1. The Labute approximate surface area is 172 Å². The second-order valence-corrected chi connectivity index (χ2v) is 6.76. The molecule has 2 N–H and O–H groups in total. The maximum absolute atomic E-state index is 13.7. The SMILES string of the molecule is I.NC(=NCCc1c(F)cccc1Cl)N1CCN(c2nccs2)CC1. The Bertz CT molecular complexity index is 684. The summed E-state index contributed by atoms with van der Waals surface area (Å²) in [6.07, 6.45) is 2.25. The van der Waals surface area contributed by atoms with Crippen molar-refractivity contribution in [2.45, 2.75) is 6.42 Å². The molecule has 3 rings (SSSR count). The van der Waals surface area contributed by atoms with E-state index < -0.39 is 0 Å². The van der Waals surface area contributed by atoms with E-state index in [2.05, 4.69) is 14.9 Å². The van der Waals surface area contributed by atoms with Gasteiger partial charge in [0.2, 0.25) is 0 Å². The van der Waals surface area contributed by atoms with Crippen molar-refractivity contribution >= 4 is 58.0 Å². The summed E-state index contributed by atoms with van der Waals surface area (Å²) in [5.41, 5.74) is 6.56. The van der Waals surface area contributed by atoms with E-state index in [0.29, 0.717) is 29.5 Å². The molecule has 1 aromatic heterocycles. The van der Waals surface area contributed by atoms with Gasteiger partial charge in [0.25, 0.3) is 0 Å². The molecular weight excluding hydrogens is 476 g/mol. The third-order valence-corrected chi connectivity index (χ3v) is 5.18. The summed E-state index contributed by atoms with van der Waals surface area (Å²) in [7, 11) is 0. The molecule has 25 heavy (non-hydrogen) atoms. The molecule has 9 heteroatoms. The minimum atomic E-state index is -0.298. The molecule has 0 saturated carbocycles. The number of rotatable bonds is 4. The van der Waals surface area contributed by atoms with Crippen LogP contribution >= 0.6 is 46.9 Å². The molecule has 136 valence electrons. The van der Waals surface area contributed by atoms with E-state index in [4.69, 9.17) is 17.3 Å². The van der Waals surface area contributed by atoms with Crippen LogP contribution in [0.3, 0.4) is 0 Å². The van der Waals surface area contributed by atoms with Crippen molar-refractivity contribution in [3.05, 3.63) is 46.2 Å². The second kappa shape index (κ2) is 9.54. The summed E-state index contributed by atoms with van der Waals surface area (Å²) in [5, 5.41) is 3.45. The number of halogens is 3. The number of hydrogen-bond acceptors (Lipinski definition) is 4. The van der Waals surface area contributed by atoms with Gasteiger partial charge in [0, 0.05) is 54.9 Å². The van der Waals surface area contributed by atoms with Gasteiger partial charge in [-0.2, -0.15) is 0 Å². The molecule has 1 aliphatic rings. The van der Waals surface area contributed by atoms with Gasteiger partial charge in [-0.3, -0.25) is 4.99 Å². The lowest BCUT2D eigenvalue weighted by molar-refractivity contribution is 0.380. The van der Waals surface area contributed by atoms with Crippen molar-refractivity contribution in [3.63, 3.8) is 0 Å². The maximum atomic E-state index is 13.7. The van der Waals surface area contributed by atoms with Crippen molar-refractivity contribution in [2.75, 3.05) is 37.6 Å². The molecule has 0 spiro atoms. The normalized spacial score (nSPS) is 15.2. The minimum absolute atomic E-state index is 0. The zero-order valence-corrected chi connectivity index (χ0v) is 17.5. The lowest BCUT2D eigenvalue weighted by Crippen LogP contribution is -2.51. The second-order valence-electron chi connectivity index (χ2n) is 5.48. The third-order valence-electron chi connectivity index (χ3n) is 3.99. The fourth-order valence-electron chi connectivity index (χ4n) is 2.65. The monoisotopic (exact) mass is 495 g/mol. The minimum Gasteiger partial charge on any atom is -0.370 e. The highest BCUT2D eigenvalue weighted by Gasteiger charge is 2.19. The Balaban J connectivity index is 0.00000225. The van der Waals surface area contributed by atoms with E-state index in [-0.39, 0.29) is 29.8 Å². The molecule has 0 unspecified atom stereocenters. The Kier molecular flexibility index (Phi) is 7.70. The van der Waals surface area contributed by atoms with Crippen LogP contribution in [0.5, 0.6) is 0 Å². The van der Waals surface area contributed by atoms with E-state index >= 15 is 0 Å². The molecule has 1 aliphatic heterocycles. The van der Waals surface area contributed by atoms with Crippen molar-refractivity contribution in [1.82, 2.24) is 9.88 Å². The van der Waals surface area contributed by atoms with Crippen molar-refractivity contribution in [3.8, 4) is 0 Å². The van der Waals surface area contributed by atoms with Gasteiger partial charge < -0.3 is 15.5 Å². The predicted molar refractivity (Wildman–Crippen MR) is 113 cm³/mol. The molecular formula is C16H20ClFIN5S. The van der Waals surface area contributed by atoms with E-state index in [0.717, 1.165) is 31.3 Å². The van der Waals surface area contributed by atoms with Gasteiger partial charge in [-0.15, -0.1) is 35.3 Å². The highest BCUT2D eigenvalue weighted by Crippen LogP contribution is 2.20. The van der Waals surface area contributed by atoms with Crippen LogP contribution in [0.2, 0.25) is 5.02 Å². The summed E-state index contributed by atoms with van der Waals surface area (Å²) in [4.78, 5) is 13.0. The fraction of sp³-hybridized carbons (Fsp3) is 0.375. The molecule has 0 bridgehead atoms. The molecule has 5 nitrogen and oxygen atoms in total. The average molecular weight is 496 g/mol. The van der Waals surface area contributed by atoms with Crippen molar-refractivity contribution in [2.24, 2.45) is 10.7 Å². The summed E-state index contributed by atoms with van der Waals surface area (Å²) < 4.78 is 13.7. The first-order valence-electron chi connectivity index (χ1n) is 7.77. The highest BCUT2D eigenvalue weighted by molar-refractivity contribution is 14.0. The van der Waals surface area contributed by atoms with Gasteiger partial charge in [0.1, 0.15) is 5.82 Å². The molecule has 2 heterocycles. The van der Waals surface area contributed by atoms with Gasteiger partial charge >= 0.3 is 0 Å².